The summed E-state index contributed by atoms with van der Waals surface area (Å²) in [5.74, 6) is 0. The quantitative estimate of drug-likeness (QED) is 0.344. The van der Waals surface area contributed by atoms with Crippen LogP contribution in [0, 0.1) is 0 Å². The van der Waals surface area contributed by atoms with E-state index in [0.29, 0.717) is 5.02 Å². The van der Waals surface area contributed by atoms with Crippen molar-refractivity contribution >= 4 is 35.4 Å². The lowest BCUT2D eigenvalue weighted by Gasteiger charge is -2.02. The molecule has 0 saturated carbocycles. The second kappa shape index (κ2) is 10.7. The standard InChI is InChI=1S/C26H27ClN2/c1-3-5-20-8-13-24(14-9-20)28-18-22-7-12-23(26(27)17-22)19-29-25-15-10-21(6-4-2)11-16-25/h7-19H,3-6H2,1-2H3. The van der Waals surface area contributed by atoms with Crippen LogP contribution in [0.1, 0.15) is 48.9 Å². The number of hydrogen-bond acceptors (Lipinski definition) is 2. The maximum atomic E-state index is 6.45. The molecule has 0 saturated heterocycles. The Labute approximate surface area is 179 Å². The summed E-state index contributed by atoms with van der Waals surface area (Å²) in [6.45, 7) is 4.37. The third-order valence-corrected chi connectivity index (χ3v) is 5.02. The second-order valence-corrected chi connectivity index (χ2v) is 7.54. The van der Waals surface area contributed by atoms with Crippen molar-refractivity contribution in [3.63, 3.8) is 0 Å². The minimum Gasteiger partial charge on any atom is -0.256 e. The van der Waals surface area contributed by atoms with Crippen LogP contribution in [-0.2, 0) is 12.8 Å². The van der Waals surface area contributed by atoms with Crippen molar-refractivity contribution in [1.29, 1.82) is 0 Å². The molecule has 3 heteroatoms. The molecule has 0 spiro atoms. The fourth-order valence-electron chi connectivity index (χ4n) is 3.10. The summed E-state index contributed by atoms with van der Waals surface area (Å²) in [7, 11) is 0. The fourth-order valence-corrected chi connectivity index (χ4v) is 3.33. The lowest BCUT2D eigenvalue weighted by atomic mass is 10.1. The largest absolute Gasteiger partial charge is 0.256 e. The molecule has 2 nitrogen and oxygen atoms in total. The summed E-state index contributed by atoms with van der Waals surface area (Å²) >= 11 is 6.45. The SMILES string of the molecule is CCCc1ccc(N=Cc2ccc(C=Nc3ccc(CCC)cc3)c(Cl)c2)cc1. The van der Waals surface area contributed by atoms with E-state index < -0.39 is 0 Å². The average Bonchev–Trinajstić information content (AvgIpc) is 2.74. The van der Waals surface area contributed by atoms with Crippen LogP contribution in [0.25, 0.3) is 0 Å². The first-order chi connectivity index (χ1) is 14.2. The Morgan fingerprint density at radius 2 is 1.21 bits per heavy atom. The fraction of sp³-hybridized carbons (Fsp3) is 0.231. The minimum absolute atomic E-state index is 0.665. The zero-order chi connectivity index (χ0) is 20.5. The van der Waals surface area contributed by atoms with Crippen LogP contribution in [0.5, 0.6) is 0 Å². The molecular formula is C26H27ClN2. The molecule has 0 fully saturated rings. The summed E-state index contributed by atoms with van der Waals surface area (Å²) in [5, 5.41) is 0.665. The minimum atomic E-state index is 0.665. The zero-order valence-electron chi connectivity index (χ0n) is 17.1. The van der Waals surface area contributed by atoms with E-state index in [-0.39, 0.29) is 0 Å². The highest BCUT2D eigenvalue weighted by Gasteiger charge is 2.00. The molecule has 0 heterocycles. The molecule has 148 valence electrons. The van der Waals surface area contributed by atoms with Crippen LogP contribution >= 0.6 is 11.6 Å². The van der Waals surface area contributed by atoms with Gasteiger partial charge in [-0.1, -0.05) is 74.7 Å². The molecule has 0 aliphatic carbocycles. The Hall–Kier alpha value is -2.71. The molecule has 3 rings (SSSR count). The summed E-state index contributed by atoms with van der Waals surface area (Å²) in [4.78, 5) is 9.09. The van der Waals surface area contributed by atoms with E-state index in [1.807, 2.05) is 42.8 Å². The summed E-state index contributed by atoms with van der Waals surface area (Å²) in [6.07, 6.45) is 8.16. The average molecular weight is 403 g/mol. The Bertz CT molecular complexity index is 971. The van der Waals surface area contributed by atoms with Gasteiger partial charge in [-0.3, -0.25) is 9.98 Å². The Kier molecular flexibility index (Phi) is 7.77. The summed E-state index contributed by atoms with van der Waals surface area (Å²) in [5.41, 5.74) is 6.42. The first-order valence-corrected chi connectivity index (χ1v) is 10.6. The van der Waals surface area contributed by atoms with Gasteiger partial charge in [-0.05, 0) is 59.9 Å². The lowest BCUT2D eigenvalue weighted by molar-refractivity contribution is 0.922. The molecule has 3 aromatic carbocycles. The van der Waals surface area contributed by atoms with E-state index in [4.69, 9.17) is 11.6 Å². The molecule has 0 aromatic heterocycles. The smallest absolute Gasteiger partial charge is 0.0630 e. The van der Waals surface area contributed by atoms with Gasteiger partial charge in [0.25, 0.3) is 0 Å². The number of halogens is 1. The van der Waals surface area contributed by atoms with Crippen LogP contribution < -0.4 is 0 Å². The molecule has 3 aromatic rings. The van der Waals surface area contributed by atoms with Crippen LogP contribution in [0.3, 0.4) is 0 Å². The van der Waals surface area contributed by atoms with Crippen molar-refractivity contribution in [2.45, 2.75) is 39.5 Å². The molecule has 0 atom stereocenters. The predicted molar refractivity (Wildman–Crippen MR) is 127 cm³/mol. The van der Waals surface area contributed by atoms with E-state index in [2.05, 4.69) is 60.2 Å². The molecule has 0 amide bonds. The van der Waals surface area contributed by atoms with E-state index >= 15 is 0 Å². The van der Waals surface area contributed by atoms with Crippen molar-refractivity contribution in [2.75, 3.05) is 0 Å². The normalized spacial score (nSPS) is 11.6. The highest BCUT2D eigenvalue weighted by Crippen LogP contribution is 2.19. The number of aryl methyl sites for hydroxylation is 2. The van der Waals surface area contributed by atoms with Crippen LogP contribution in [0.4, 0.5) is 11.4 Å². The van der Waals surface area contributed by atoms with E-state index in [1.54, 1.807) is 0 Å². The van der Waals surface area contributed by atoms with Crippen LogP contribution in [0.15, 0.2) is 76.7 Å². The summed E-state index contributed by atoms with van der Waals surface area (Å²) < 4.78 is 0. The third-order valence-electron chi connectivity index (χ3n) is 4.69. The number of rotatable bonds is 8. The first kappa shape index (κ1) is 21.0. The number of aliphatic imine (C=N–C) groups is 2. The third kappa shape index (κ3) is 6.40. The van der Waals surface area contributed by atoms with Crippen molar-refractivity contribution in [3.8, 4) is 0 Å². The highest BCUT2D eigenvalue weighted by atomic mass is 35.5. The van der Waals surface area contributed by atoms with Gasteiger partial charge in [0.05, 0.1) is 11.4 Å². The highest BCUT2D eigenvalue weighted by molar-refractivity contribution is 6.33. The summed E-state index contributed by atoms with van der Waals surface area (Å²) in [6, 6.07) is 22.6. The number of benzene rings is 3. The molecule has 0 N–H and O–H groups in total. The van der Waals surface area contributed by atoms with Gasteiger partial charge >= 0.3 is 0 Å². The number of hydrogen-bond donors (Lipinski definition) is 0. The van der Waals surface area contributed by atoms with Crippen LogP contribution in [0.2, 0.25) is 5.02 Å². The number of nitrogens with zero attached hydrogens (tertiary/aromatic N) is 2. The van der Waals surface area contributed by atoms with Crippen molar-refractivity contribution in [1.82, 2.24) is 0 Å². The van der Waals surface area contributed by atoms with E-state index in [0.717, 1.165) is 48.2 Å². The second-order valence-electron chi connectivity index (χ2n) is 7.13. The van der Waals surface area contributed by atoms with Gasteiger partial charge in [-0.25, -0.2) is 0 Å². The lowest BCUT2D eigenvalue weighted by Crippen LogP contribution is -1.87. The van der Waals surface area contributed by atoms with Crippen molar-refractivity contribution in [2.24, 2.45) is 9.98 Å². The van der Waals surface area contributed by atoms with Gasteiger partial charge in [0, 0.05) is 23.0 Å². The van der Waals surface area contributed by atoms with Gasteiger partial charge in [0.1, 0.15) is 0 Å². The molecular weight excluding hydrogens is 376 g/mol. The van der Waals surface area contributed by atoms with Gasteiger partial charge in [-0.2, -0.15) is 0 Å². The molecule has 29 heavy (non-hydrogen) atoms. The molecule has 0 radical (unpaired) electrons. The van der Waals surface area contributed by atoms with Gasteiger partial charge in [0.15, 0.2) is 0 Å². The maximum absolute atomic E-state index is 6.45. The van der Waals surface area contributed by atoms with Crippen molar-refractivity contribution in [3.05, 3.63) is 94.0 Å². The van der Waals surface area contributed by atoms with Gasteiger partial charge in [0.2, 0.25) is 0 Å². The van der Waals surface area contributed by atoms with Gasteiger partial charge < -0.3 is 0 Å². The van der Waals surface area contributed by atoms with Gasteiger partial charge in [-0.15, -0.1) is 0 Å². The molecule has 0 aliphatic rings. The molecule has 0 bridgehead atoms. The van der Waals surface area contributed by atoms with E-state index in [1.165, 1.54) is 11.1 Å². The molecule has 0 aliphatic heterocycles. The monoisotopic (exact) mass is 402 g/mol. The predicted octanol–water partition coefficient (Wildman–Crippen LogP) is 7.75. The Morgan fingerprint density at radius 3 is 1.69 bits per heavy atom. The maximum Gasteiger partial charge on any atom is 0.0630 e. The van der Waals surface area contributed by atoms with Crippen LogP contribution in [-0.4, -0.2) is 12.4 Å². The topological polar surface area (TPSA) is 24.7 Å². The Balaban J connectivity index is 1.66. The van der Waals surface area contributed by atoms with Crippen molar-refractivity contribution < 1.29 is 0 Å². The molecule has 0 unspecified atom stereocenters. The zero-order valence-corrected chi connectivity index (χ0v) is 17.9. The Morgan fingerprint density at radius 1 is 0.690 bits per heavy atom. The first-order valence-electron chi connectivity index (χ1n) is 10.2. The van der Waals surface area contributed by atoms with E-state index in [9.17, 15) is 0 Å².